The number of fused-ring (bicyclic) bond motifs is 1. The lowest BCUT2D eigenvalue weighted by atomic mass is 9.95. The zero-order valence-corrected chi connectivity index (χ0v) is 23.7. The molecule has 0 bridgehead atoms. The highest BCUT2D eigenvalue weighted by Crippen LogP contribution is 2.36. The van der Waals surface area contributed by atoms with Gasteiger partial charge in [0.2, 0.25) is 0 Å². The van der Waals surface area contributed by atoms with E-state index in [0.717, 1.165) is 31.8 Å². The monoisotopic (exact) mass is 551 g/mol. The van der Waals surface area contributed by atoms with Crippen molar-refractivity contribution in [3.05, 3.63) is 72.6 Å². The van der Waals surface area contributed by atoms with Crippen LogP contribution in [0.5, 0.6) is 11.5 Å². The molecule has 2 aromatic heterocycles. The van der Waals surface area contributed by atoms with Gasteiger partial charge in [0.15, 0.2) is 22.2 Å². The Balaban J connectivity index is 1.64. The van der Waals surface area contributed by atoms with Gasteiger partial charge in [0, 0.05) is 25.2 Å². The van der Waals surface area contributed by atoms with E-state index in [2.05, 4.69) is 9.89 Å². The number of methoxy groups -OCH3 is 1. The van der Waals surface area contributed by atoms with Crippen LogP contribution in [-0.2, 0) is 9.53 Å². The largest absolute Gasteiger partial charge is 0.493 e. The Morgan fingerprint density at radius 2 is 1.97 bits per heavy atom. The molecule has 0 saturated carbocycles. The van der Waals surface area contributed by atoms with Crippen LogP contribution in [0.1, 0.15) is 57.9 Å². The third-order valence-corrected chi connectivity index (χ3v) is 7.67. The van der Waals surface area contributed by atoms with E-state index in [1.807, 2.05) is 32.0 Å². The number of aromatic nitrogens is 1. The maximum atomic E-state index is 13.9. The number of esters is 1. The van der Waals surface area contributed by atoms with Crippen molar-refractivity contribution < 1.29 is 23.4 Å². The molecule has 1 unspecified atom stereocenters. The third-order valence-electron chi connectivity index (χ3n) is 6.69. The summed E-state index contributed by atoms with van der Waals surface area (Å²) in [4.78, 5) is 34.4. The van der Waals surface area contributed by atoms with Crippen LogP contribution in [-0.4, -0.2) is 43.4 Å². The van der Waals surface area contributed by atoms with Crippen molar-refractivity contribution in [1.29, 1.82) is 0 Å². The number of carbonyl (C=O) groups excluding carboxylic acids is 1. The Kier molecular flexibility index (Phi) is 7.65. The van der Waals surface area contributed by atoms with Crippen molar-refractivity contribution >= 4 is 29.3 Å². The number of carbonyl (C=O) groups is 1. The number of allylic oxidation sites excluding steroid dienone is 1. The summed E-state index contributed by atoms with van der Waals surface area (Å²) in [5, 5.41) is 0. The molecule has 1 fully saturated rings. The van der Waals surface area contributed by atoms with Gasteiger partial charge in [-0.3, -0.25) is 9.36 Å². The van der Waals surface area contributed by atoms with Gasteiger partial charge in [0.05, 0.1) is 41.7 Å². The molecule has 4 heterocycles. The van der Waals surface area contributed by atoms with Crippen LogP contribution in [0.15, 0.2) is 55.8 Å². The third kappa shape index (κ3) is 5.25. The van der Waals surface area contributed by atoms with E-state index in [1.165, 1.54) is 11.3 Å². The highest BCUT2D eigenvalue weighted by atomic mass is 32.1. The van der Waals surface area contributed by atoms with Crippen molar-refractivity contribution in [2.45, 2.75) is 52.7 Å². The molecule has 10 heteroatoms. The van der Waals surface area contributed by atoms with Gasteiger partial charge in [-0.25, -0.2) is 9.79 Å². The summed E-state index contributed by atoms with van der Waals surface area (Å²) >= 11 is 1.26. The molecule has 2 aliphatic rings. The molecule has 0 amide bonds. The average Bonchev–Trinajstić information content (AvgIpc) is 3.65. The van der Waals surface area contributed by atoms with Crippen LogP contribution < -0.4 is 29.3 Å². The number of furan rings is 1. The summed E-state index contributed by atoms with van der Waals surface area (Å²) in [6.45, 7) is 9.52. The molecule has 0 radical (unpaired) electrons. The number of anilines is 1. The molecule has 0 N–H and O–H groups in total. The highest BCUT2D eigenvalue weighted by molar-refractivity contribution is 7.07. The van der Waals surface area contributed by atoms with Gasteiger partial charge in [-0.05, 0) is 64.3 Å². The highest BCUT2D eigenvalue weighted by Gasteiger charge is 2.34. The summed E-state index contributed by atoms with van der Waals surface area (Å²) in [6.07, 6.45) is 3.98. The van der Waals surface area contributed by atoms with Crippen LogP contribution in [0.2, 0.25) is 0 Å². The lowest BCUT2D eigenvalue weighted by molar-refractivity contribution is -0.139. The van der Waals surface area contributed by atoms with Crippen LogP contribution in [0.3, 0.4) is 0 Å². The van der Waals surface area contributed by atoms with Gasteiger partial charge in [-0.15, -0.1) is 0 Å². The fraction of sp³-hybridized carbons (Fsp3) is 0.414. The minimum absolute atomic E-state index is 0.0489. The van der Waals surface area contributed by atoms with Crippen molar-refractivity contribution in [1.82, 2.24) is 4.57 Å². The molecule has 2 aliphatic heterocycles. The van der Waals surface area contributed by atoms with Crippen molar-refractivity contribution in [2.75, 3.05) is 31.7 Å². The summed E-state index contributed by atoms with van der Waals surface area (Å²) < 4.78 is 24.9. The van der Waals surface area contributed by atoms with Crippen molar-refractivity contribution in [3.8, 4) is 11.5 Å². The lowest BCUT2D eigenvalue weighted by Gasteiger charge is -2.25. The predicted molar refractivity (Wildman–Crippen MR) is 149 cm³/mol. The molecule has 1 saturated heterocycles. The maximum Gasteiger partial charge on any atom is 0.338 e. The summed E-state index contributed by atoms with van der Waals surface area (Å²) in [6, 6.07) is 8.50. The van der Waals surface area contributed by atoms with Crippen LogP contribution in [0, 0.1) is 0 Å². The summed E-state index contributed by atoms with van der Waals surface area (Å²) in [5.41, 5.74) is 1.23. The van der Waals surface area contributed by atoms with Gasteiger partial charge >= 0.3 is 5.97 Å². The van der Waals surface area contributed by atoms with E-state index in [1.54, 1.807) is 43.7 Å². The van der Waals surface area contributed by atoms with E-state index >= 15 is 0 Å². The Hall–Kier alpha value is -3.79. The minimum atomic E-state index is -0.749. The second-order valence-electron chi connectivity index (χ2n) is 9.75. The molecule has 3 aromatic rings. The number of benzene rings is 1. The second kappa shape index (κ2) is 11.1. The molecule has 0 aliphatic carbocycles. The number of nitrogens with zero attached hydrogens (tertiary/aromatic N) is 3. The number of hydrogen-bond acceptors (Lipinski definition) is 9. The Labute approximate surface area is 230 Å². The van der Waals surface area contributed by atoms with Gasteiger partial charge < -0.3 is 23.5 Å². The first kappa shape index (κ1) is 26.8. The van der Waals surface area contributed by atoms with E-state index in [4.69, 9.17) is 18.6 Å². The molecule has 1 aromatic carbocycles. The quantitative estimate of drug-likeness (QED) is 0.393. The lowest BCUT2D eigenvalue weighted by Crippen LogP contribution is -2.40. The molecule has 5 rings (SSSR count). The molecule has 39 heavy (non-hydrogen) atoms. The van der Waals surface area contributed by atoms with Crippen LogP contribution >= 0.6 is 11.3 Å². The smallest absolute Gasteiger partial charge is 0.338 e. The van der Waals surface area contributed by atoms with Gasteiger partial charge in [-0.2, -0.15) is 0 Å². The molecule has 1 atom stereocenters. The topological polar surface area (TPSA) is 95.5 Å². The first-order valence-electron chi connectivity index (χ1n) is 13.2. The van der Waals surface area contributed by atoms with E-state index in [-0.39, 0.29) is 18.3 Å². The van der Waals surface area contributed by atoms with Gasteiger partial charge in [-0.1, -0.05) is 17.4 Å². The second-order valence-corrected chi connectivity index (χ2v) is 10.8. The Morgan fingerprint density at radius 1 is 1.21 bits per heavy atom. The van der Waals surface area contributed by atoms with E-state index < -0.39 is 12.0 Å². The van der Waals surface area contributed by atoms with Gasteiger partial charge in [0.25, 0.3) is 5.56 Å². The Morgan fingerprint density at radius 3 is 2.67 bits per heavy atom. The minimum Gasteiger partial charge on any atom is -0.493 e. The zero-order chi connectivity index (χ0) is 27.7. The average molecular weight is 552 g/mol. The molecular weight excluding hydrogens is 518 g/mol. The number of ether oxygens (including phenoxy) is 3. The molecule has 0 spiro atoms. The van der Waals surface area contributed by atoms with Gasteiger partial charge in [0.1, 0.15) is 5.76 Å². The van der Waals surface area contributed by atoms with Crippen molar-refractivity contribution in [3.63, 3.8) is 0 Å². The normalized spacial score (nSPS) is 17.4. The first-order valence-corrected chi connectivity index (χ1v) is 14.0. The first-order chi connectivity index (χ1) is 18.8. The summed E-state index contributed by atoms with van der Waals surface area (Å²) in [7, 11) is 1.56. The number of rotatable bonds is 8. The predicted octanol–water partition coefficient (Wildman–Crippen LogP) is 3.79. The molecule has 9 nitrogen and oxygen atoms in total. The maximum absolute atomic E-state index is 13.9. The number of thiazole rings is 1. The van der Waals surface area contributed by atoms with Crippen LogP contribution in [0.25, 0.3) is 6.08 Å². The summed E-state index contributed by atoms with van der Waals surface area (Å²) in [5.74, 6) is 1.97. The van der Waals surface area contributed by atoms with Crippen molar-refractivity contribution in [2.24, 2.45) is 4.99 Å². The fourth-order valence-electron chi connectivity index (χ4n) is 4.97. The molecule has 206 valence electrons. The van der Waals surface area contributed by atoms with E-state index in [0.29, 0.717) is 43.4 Å². The standard InChI is InChI=1S/C29H33N3O6S/c1-6-36-28(34)25-18(4)30-29-32(26(25)19-9-11-21(37-17(2)3)22(15-19)35-5)27(33)23(39-29)16-20-10-12-24(38-20)31-13-7-8-14-31/h9-12,15-17,26H,6-8,13-14H2,1-5H3. The number of hydrogen-bond donors (Lipinski definition) is 0. The fourth-order valence-corrected chi connectivity index (χ4v) is 6.00. The Bertz CT molecular complexity index is 1590. The SMILES string of the molecule is CCOC(=O)C1=C(C)N=c2sc(=Cc3ccc(N4CCCC4)o3)c(=O)n2C1c1ccc(OC(C)C)c(OC)c1. The van der Waals surface area contributed by atoms with E-state index in [9.17, 15) is 9.59 Å². The molecular formula is C29H33N3O6S. The van der Waals surface area contributed by atoms with Crippen LogP contribution in [0.4, 0.5) is 5.88 Å². The zero-order valence-electron chi connectivity index (χ0n) is 22.9.